The fourth-order valence-corrected chi connectivity index (χ4v) is 1.78. The SMILES string of the molecule is O=Cc1ccc(C(F)(F)C(F)(F)c2ccccc2)cc1. The number of halogens is 4. The molecule has 0 fully saturated rings. The fourth-order valence-electron chi connectivity index (χ4n) is 1.78. The number of benzene rings is 2. The second-order valence-corrected chi connectivity index (χ2v) is 4.25. The first-order valence-corrected chi connectivity index (χ1v) is 5.76. The van der Waals surface area contributed by atoms with Crippen molar-refractivity contribution in [2.75, 3.05) is 0 Å². The van der Waals surface area contributed by atoms with Gasteiger partial charge in [-0.25, -0.2) is 0 Å². The monoisotopic (exact) mass is 282 g/mol. The van der Waals surface area contributed by atoms with Gasteiger partial charge < -0.3 is 0 Å². The highest BCUT2D eigenvalue weighted by molar-refractivity contribution is 5.74. The largest absolute Gasteiger partial charge is 0.339 e. The minimum Gasteiger partial charge on any atom is -0.298 e. The number of rotatable bonds is 4. The molecule has 0 aliphatic carbocycles. The lowest BCUT2D eigenvalue weighted by atomic mass is 9.95. The van der Waals surface area contributed by atoms with E-state index in [9.17, 15) is 22.4 Å². The number of hydrogen-bond acceptors (Lipinski definition) is 1. The summed E-state index contributed by atoms with van der Waals surface area (Å²) in [7, 11) is 0. The molecule has 0 heterocycles. The topological polar surface area (TPSA) is 17.1 Å². The van der Waals surface area contributed by atoms with Crippen LogP contribution in [0.1, 0.15) is 21.5 Å². The zero-order valence-corrected chi connectivity index (χ0v) is 10.2. The van der Waals surface area contributed by atoms with E-state index in [1.807, 2.05) is 0 Å². The Balaban J connectivity index is 2.44. The maximum Gasteiger partial charge on any atom is 0.339 e. The summed E-state index contributed by atoms with van der Waals surface area (Å²) in [5, 5.41) is 0. The van der Waals surface area contributed by atoms with Crippen LogP contribution >= 0.6 is 0 Å². The molecule has 0 amide bonds. The third kappa shape index (κ3) is 2.31. The van der Waals surface area contributed by atoms with Crippen molar-refractivity contribution in [3.05, 3.63) is 71.3 Å². The molecule has 104 valence electrons. The molecular formula is C15H10F4O. The van der Waals surface area contributed by atoms with Crippen LogP contribution in [0.15, 0.2) is 54.6 Å². The number of carbonyl (C=O) groups is 1. The minimum atomic E-state index is -4.37. The molecule has 0 atom stereocenters. The van der Waals surface area contributed by atoms with E-state index in [1.165, 1.54) is 18.2 Å². The van der Waals surface area contributed by atoms with Gasteiger partial charge in [0.2, 0.25) is 0 Å². The number of alkyl halides is 4. The zero-order valence-electron chi connectivity index (χ0n) is 10.2. The molecule has 2 aromatic rings. The van der Waals surface area contributed by atoms with Crippen LogP contribution in [0, 0.1) is 0 Å². The van der Waals surface area contributed by atoms with Gasteiger partial charge in [0.1, 0.15) is 6.29 Å². The number of hydrogen-bond donors (Lipinski definition) is 0. The van der Waals surface area contributed by atoms with E-state index < -0.39 is 23.0 Å². The summed E-state index contributed by atoms with van der Waals surface area (Å²) in [5.41, 5.74) is -1.45. The van der Waals surface area contributed by atoms with Crippen molar-refractivity contribution in [2.45, 2.75) is 11.8 Å². The zero-order chi connectivity index (χ0) is 14.8. The van der Waals surface area contributed by atoms with Crippen molar-refractivity contribution in [3.63, 3.8) is 0 Å². The van der Waals surface area contributed by atoms with E-state index in [2.05, 4.69) is 0 Å². The van der Waals surface area contributed by atoms with Gasteiger partial charge >= 0.3 is 11.8 Å². The highest BCUT2D eigenvalue weighted by Crippen LogP contribution is 2.49. The molecule has 0 radical (unpaired) electrons. The van der Waals surface area contributed by atoms with Gasteiger partial charge in [-0.1, -0.05) is 54.6 Å². The fraction of sp³-hybridized carbons (Fsp3) is 0.133. The predicted octanol–water partition coefficient (Wildman–Crippen LogP) is 4.38. The number of carbonyl (C=O) groups excluding carboxylic acids is 1. The molecule has 0 spiro atoms. The Hall–Kier alpha value is -2.17. The molecule has 20 heavy (non-hydrogen) atoms. The van der Waals surface area contributed by atoms with Crippen molar-refractivity contribution in [2.24, 2.45) is 0 Å². The van der Waals surface area contributed by atoms with Crippen molar-refractivity contribution in [1.82, 2.24) is 0 Å². The van der Waals surface area contributed by atoms with E-state index in [4.69, 9.17) is 0 Å². The quantitative estimate of drug-likeness (QED) is 0.600. The molecule has 0 bridgehead atoms. The summed E-state index contributed by atoms with van der Waals surface area (Å²) in [6.07, 6.45) is 0.456. The van der Waals surface area contributed by atoms with Gasteiger partial charge in [0, 0.05) is 16.7 Å². The Bertz CT molecular complexity index is 591. The summed E-state index contributed by atoms with van der Waals surface area (Å²) in [6, 6.07) is 9.75. The highest BCUT2D eigenvalue weighted by atomic mass is 19.3. The van der Waals surface area contributed by atoms with Crippen molar-refractivity contribution < 1.29 is 22.4 Å². The van der Waals surface area contributed by atoms with E-state index in [0.29, 0.717) is 6.29 Å². The van der Waals surface area contributed by atoms with Gasteiger partial charge in [-0.2, -0.15) is 17.6 Å². The molecule has 0 aliphatic rings. The van der Waals surface area contributed by atoms with Crippen LogP contribution in [0.5, 0.6) is 0 Å². The van der Waals surface area contributed by atoms with Gasteiger partial charge in [-0.3, -0.25) is 4.79 Å². The second kappa shape index (κ2) is 5.07. The Kier molecular flexibility index (Phi) is 3.61. The molecule has 2 rings (SSSR count). The first-order chi connectivity index (χ1) is 9.39. The summed E-state index contributed by atoms with van der Waals surface area (Å²) in [6.45, 7) is 0. The van der Waals surface area contributed by atoms with E-state index in [-0.39, 0.29) is 5.56 Å². The first kappa shape index (κ1) is 14.2. The Morgan fingerprint density at radius 1 is 0.700 bits per heavy atom. The third-order valence-corrected chi connectivity index (χ3v) is 2.94. The van der Waals surface area contributed by atoms with Crippen LogP contribution in [0.3, 0.4) is 0 Å². The third-order valence-electron chi connectivity index (χ3n) is 2.94. The van der Waals surface area contributed by atoms with Crippen molar-refractivity contribution >= 4 is 6.29 Å². The molecule has 0 aromatic heterocycles. The minimum absolute atomic E-state index is 0.146. The Labute approximate surface area is 112 Å². The van der Waals surface area contributed by atoms with Gasteiger partial charge in [0.25, 0.3) is 0 Å². The van der Waals surface area contributed by atoms with Crippen LogP contribution in [0.25, 0.3) is 0 Å². The average Bonchev–Trinajstić information content (AvgIpc) is 2.48. The highest BCUT2D eigenvalue weighted by Gasteiger charge is 2.58. The van der Waals surface area contributed by atoms with E-state index >= 15 is 0 Å². The van der Waals surface area contributed by atoms with E-state index in [1.54, 1.807) is 0 Å². The molecule has 5 heteroatoms. The molecule has 0 saturated heterocycles. The van der Waals surface area contributed by atoms with E-state index in [0.717, 1.165) is 36.4 Å². The van der Waals surface area contributed by atoms with Crippen LogP contribution in [0.4, 0.5) is 17.6 Å². The summed E-state index contributed by atoms with van der Waals surface area (Å²) in [5.74, 6) is -8.70. The summed E-state index contributed by atoms with van der Waals surface area (Å²) < 4.78 is 56.0. The van der Waals surface area contributed by atoms with Crippen LogP contribution in [-0.4, -0.2) is 6.29 Å². The van der Waals surface area contributed by atoms with Gasteiger partial charge in [-0.05, 0) is 0 Å². The van der Waals surface area contributed by atoms with Crippen LogP contribution in [-0.2, 0) is 11.8 Å². The van der Waals surface area contributed by atoms with Crippen molar-refractivity contribution in [1.29, 1.82) is 0 Å². The number of aldehydes is 1. The van der Waals surface area contributed by atoms with Crippen LogP contribution < -0.4 is 0 Å². The lowest BCUT2D eigenvalue weighted by Crippen LogP contribution is -2.35. The second-order valence-electron chi connectivity index (χ2n) is 4.25. The van der Waals surface area contributed by atoms with Crippen LogP contribution in [0.2, 0.25) is 0 Å². The lowest BCUT2D eigenvalue weighted by Gasteiger charge is -2.27. The molecule has 0 N–H and O–H groups in total. The maximum atomic E-state index is 14.0. The molecule has 0 unspecified atom stereocenters. The normalized spacial score (nSPS) is 12.2. The molecule has 1 nitrogen and oxygen atoms in total. The standard InChI is InChI=1S/C15H10F4O/c16-14(17,12-4-2-1-3-5-12)15(18,19)13-8-6-11(10-20)7-9-13/h1-10H. The molecular weight excluding hydrogens is 272 g/mol. The van der Waals surface area contributed by atoms with Crippen molar-refractivity contribution in [3.8, 4) is 0 Å². The first-order valence-electron chi connectivity index (χ1n) is 5.76. The molecule has 0 saturated carbocycles. The average molecular weight is 282 g/mol. The maximum absolute atomic E-state index is 14.0. The smallest absolute Gasteiger partial charge is 0.298 e. The van der Waals surface area contributed by atoms with Gasteiger partial charge in [0.05, 0.1) is 0 Å². The molecule has 2 aromatic carbocycles. The van der Waals surface area contributed by atoms with Gasteiger partial charge in [0.15, 0.2) is 0 Å². The predicted molar refractivity (Wildman–Crippen MR) is 66.1 cm³/mol. The summed E-state index contributed by atoms with van der Waals surface area (Å²) >= 11 is 0. The Morgan fingerprint density at radius 3 is 1.60 bits per heavy atom. The molecule has 0 aliphatic heterocycles. The Morgan fingerprint density at radius 2 is 1.15 bits per heavy atom. The summed E-state index contributed by atoms with van der Waals surface area (Å²) in [4.78, 5) is 10.5. The van der Waals surface area contributed by atoms with Gasteiger partial charge in [-0.15, -0.1) is 0 Å². The lowest BCUT2D eigenvalue weighted by molar-refractivity contribution is -0.223.